The van der Waals surface area contributed by atoms with Crippen molar-refractivity contribution in [1.29, 1.82) is 0 Å². The lowest BCUT2D eigenvalue weighted by atomic mass is 9.82. The van der Waals surface area contributed by atoms with Crippen molar-refractivity contribution < 1.29 is 23.1 Å². The number of rotatable bonds is 3. The van der Waals surface area contributed by atoms with Crippen LogP contribution in [0.4, 0.5) is 0 Å². The Morgan fingerprint density at radius 3 is 2.68 bits per heavy atom. The fourth-order valence-corrected chi connectivity index (χ4v) is 3.70. The summed E-state index contributed by atoms with van der Waals surface area (Å²) in [5.41, 5.74) is 0.899. The van der Waals surface area contributed by atoms with Crippen LogP contribution in [0.5, 0.6) is 5.75 Å². The van der Waals surface area contributed by atoms with Gasteiger partial charge in [-0.1, -0.05) is 0 Å². The van der Waals surface area contributed by atoms with Gasteiger partial charge in [0.2, 0.25) is 0 Å². The minimum absolute atomic E-state index is 0.128. The maximum atomic E-state index is 11.6. The van der Waals surface area contributed by atoms with Crippen LogP contribution in [-0.4, -0.2) is 26.6 Å². The summed E-state index contributed by atoms with van der Waals surface area (Å²) in [6.45, 7) is 0. The molecule has 1 atom stereocenters. The van der Waals surface area contributed by atoms with Crippen molar-refractivity contribution in [3.63, 3.8) is 0 Å². The molecular weight excluding hydrogens is 292 g/mol. The third kappa shape index (κ3) is 2.55. The first-order valence-corrected chi connectivity index (χ1v) is 8.04. The Kier molecular flexibility index (Phi) is 3.73. The Bertz CT molecular complexity index is 623. The van der Waals surface area contributed by atoms with Gasteiger partial charge in [-0.05, 0) is 42.5 Å². The zero-order valence-corrected chi connectivity index (χ0v) is 11.8. The molecule has 104 valence electrons. The average Bonchev–Trinajstić information content (AvgIpc) is 2.35. The minimum atomic E-state index is -3.98. The Balaban J connectivity index is 2.77. The molecular formula is C12H13ClO5S. The van der Waals surface area contributed by atoms with E-state index in [-0.39, 0.29) is 10.5 Å². The summed E-state index contributed by atoms with van der Waals surface area (Å²) in [7, 11) is 2.88. The van der Waals surface area contributed by atoms with E-state index < -0.39 is 20.9 Å². The maximum absolute atomic E-state index is 11.6. The van der Waals surface area contributed by atoms with Gasteiger partial charge in [-0.2, -0.15) is 0 Å². The second kappa shape index (κ2) is 5.02. The van der Waals surface area contributed by atoms with Crippen molar-refractivity contribution in [2.24, 2.45) is 0 Å². The maximum Gasteiger partial charge on any atom is 0.311 e. The molecule has 2 rings (SSSR count). The number of ether oxygens (including phenoxy) is 1. The van der Waals surface area contributed by atoms with Gasteiger partial charge in [0.1, 0.15) is 5.75 Å². The van der Waals surface area contributed by atoms with E-state index in [4.69, 9.17) is 15.4 Å². The number of carbonyl (C=O) groups is 1. The number of fused-ring (bicyclic) bond motifs is 1. The number of halogens is 1. The molecule has 0 aliphatic heterocycles. The number of carboxylic acids is 1. The zero-order valence-electron chi connectivity index (χ0n) is 10.2. The highest BCUT2D eigenvalue weighted by molar-refractivity contribution is 8.13. The van der Waals surface area contributed by atoms with E-state index in [0.717, 1.165) is 0 Å². The van der Waals surface area contributed by atoms with Gasteiger partial charge >= 0.3 is 5.97 Å². The van der Waals surface area contributed by atoms with Gasteiger partial charge in [0.05, 0.1) is 17.9 Å². The molecule has 1 aromatic carbocycles. The highest BCUT2D eigenvalue weighted by Gasteiger charge is 2.33. The highest BCUT2D eigenvalue weighted by atomic mass is 35.7. The highest BCUT2D eigenvalue weighted by Crippen LogP contribution is 2.41. The fraction of sp³-hybridized carbons (Fsp3) is 0.417. The molecule has 5 nitrogen and oxygen atoms in total. The molecule has 19 heavy (non-hydrogen) atoms. The summed E-state index contributed by atoms with van der Waals surface area (Å²) in [6.07, 6.45) is 1.66. The molecule has 1 unspecified atom stereocenters. The number of methoxy groups -OCH3 is 1. The first kappa shape index (κ1) is 14.1. The van der Waals surface area contributed by atoms with E-state index in [1.165, 1.54) is 19.2 Å². The topological polar surface area (TPSA) is 80.7 Å². The van der Waals surface area contributed by atoms with Gasteiger partial charge in [0, 0.05) is 10.7 Å². The lowest BCUT2D eigenvalue weighted by Gasteiger charge is -2.25. The smallest absolute Gasteiger partial charge is 0.311 e. The van der Waals surface area contributed by atoms with Crippen LogP contribution in [0.15, 0.2) is 17.0 Å². The second-order valence-corrected chi connectivity index (χ2v) is 6.91. The van der Waals surface area contributed by atoms with Crippen molar-refractivity contribution in [1.82, 2.24) is 0 Å². The minimum Gasteiger partial charge on any atom is -0.496 e. The van der Waals surface area contributed by atoms with Crippen molar-refractivity contribution in [2.45, 2.75) is 30.1 Å². The quantitative estimate of drug-likeness (QED) is 0.865. The van der Waals surface area contributed by atoms with Crippen LogP contribution < -0.4 is 4.74 Å². The SMILES string of the molecule is COc1ccc(S(=O)(=O)Cl)c2c1CCCC2C(=O)O. The molecule has 0 aromatic heterocycles. The standard InChI is InChI=1S/C12H13ClO5S/c1-18-9-5-6-10(19(13,16)17)11-7(9)3-2-4-8(11)12(14)15/h5-6,8H,2-4H2,1H3,(H,14,15). The first-order chi connectivity index (χ1) is 8.86. The summed E-state index contributed by atoms with van der Waals surface area (Å²) in [5, 5.41) is 9.26. The van der Waals surface area contributed by atoms with Crippen LogP contribution in [0, 0.1) is 0 Å². The van der Waals surface area contributed by atoms with Crippen LogP contribution in [0.2, 0.25) is 0 Å². The van der Waals surface area contributed by atoms with Crippen LogP contribution in [0.3, 0.4) is 0 Å². The van der Waals surface area contributed by atoms with Crippen molar-refractivity contribution in [3.05, 3.63) is 23.3 Å². The largest absolute Gasteiger partial charge is 0.496 e. The van der Waals surface area contributed by atoms with E-state index >= 15 is 0 Å². The molecule has 0 fully saturated rings. The van der Waals surface area contributed by atoms with Gasteiger partial charge in [-0.15, -0.1) is 0 Å². The van der Waals surface area contributed by atoms with E-state index in [1.807, 2.05) is 0 Å². The van der Waals surface area contributed by atoms with Crippen molar-refractivity contribution in [3.8, 4) is 5.75 Å². The molecule has 0 radical (unpaired) electrons. The number of hydrogen-bond donors (Lipinski definition) is 1. The third-order valence-corrected chi connectivity index (χ3v) is 4.70. The van der Waals surface area contributed by atoms with Gasteiger partial charge in [0.15, 0.2) is 0 Å². The lowest BCUT2D eigenvalue weighted by Crippen LogP contribution is -2.21. The molecule has 0 saturated carbocycles. The van der Waals surface area contributed by atoms with Crippen LogP contribution in [-0.2, 0) is 20.3 Å². The van der Waals surface area contributed by atoms with Crippen molar-refractivity contribution in [2.75, 3.05) is 7.11 Å². The molecule has 0 bridgehead atoms. The number of aliphatic carboxylic acids is 1. The fourth-order valence-electron chi connectivity index (χ4n) is 2.54. The normalized spacial score (nSPS) is 18.7. The summed E-state index contributed by atoms with van der Waals surface area (Å²) in [4.78, 5) is 11.2. The number of benzene rings is 1. The van der Waals surface area contributed by atoms with E-state index in [2.05, 4.69) is 0 Å². The van der Waals surface area contributed by atoms with E-state index in [0.29, 0.717) is 30.6 Å². The first-order valence-electron chi connectivity index (χ1n) is 5.73. The predicted octanol–water partition coefficient (Wildman–Crippen LogP) is 2.13. The molecule has 1 aliphatic rings. The lowest BCUT2D eigenvalue weighted by molar-refractivity contribution is -0.139. The van der Waals surface area contributed by atoms with Crippen LogP contribution >= 0.6 is 10.7 Å². The molecule has 7 heteroatoms. The van der Waals surface area contributed by atoms with Gasteiger partial charge < -0.3 is 9.84 Å². The number of carboxylic acid groups (broad SMARTS) is 1. The predicted molar refractivity (Wildman–Crippen MR) is 69.3 cm³/mol. The molecule has 1 aromatic rings. The Morgan fingerprint density at radius 2 is 2.16 bits per heavy atom. The molecule has 1 aliphatic carbocycles. The summed E-state index contributed by atoms with van der Waals surface area (Å²) < 4.78 is 28.4. The van der Waals surface area contributed by atoms with E-state index in [9.17, 15) is 18.3 Å². The Morgan fingerprint density at radius 1 is 1.47 bits per heavy atom. The third-order valence-electron chi connectivity index (χ3n) is 3.32. The molecule has 0 heterocycles. The summed E-state index contributed by atoms with van der Waals surface area (Å²) in [5.74, 6) is -1.40. The van der Waals surface area contributed by atoms with Gasteiger partial charge in [-0.25, -0.2) is 8.42 Å². The molecule has 0 amide bonds. The summed E-state index contributed by atoms with van der Waals surface area (Å²) in [6, 6.07) is 2.82. The molecule has 1 N–H and O–H groups in total. The molecule has 0 spiro atoms. The van der Waals surface area contributed by atoms with Crippen LogP contribution in [0.1, 0.15) is 29.9 Å². The summed E-state index contributed by atoms with van der Waals surface area (Å²) >= 11 is 0. The second-order valence-electron chi connectivity index (χ2n) is 4.38. The molecule has 0 saturated heterocycles. The number of hydrogen-bond acceptors (Lipinski definition) is 4. The van der Waals surface area contributed by atoms with Gasteiger partial charge in [-0.3, -0.25) is 4.79 Å². The van der Waals surface area contributed by atoms with Gasteiger partial charge in [0.25, 0.3) is 9.05 Å². The van der Waals surface area contributed by atoms with Crippen LogP contribution in [0.25, 0.3) is 0 Å². The monoisotopic (exact) mass is 304 g/mol. The average molecular weight is 305 g/mol. The van der Waals surface area contributed by atoms with Crippen molar-refractivity contribution >= 4 is 25.7 Å². The zero-order chi connectivity index (χ0) is 14.2. The van der Waals surface area contributed by atoms with E-state index in [1.54, 1.807) is 0 Å². The Hall–Kier alpha value is -1.27. The Labute approximate surface area is 115 Å².